The second kappa shape index (κ2) is 6.83. The van der Waals surface area contributed by atoms with Crippen molar-refractivity contribution in [2.75, 3.05) is 19.4 Å². The molecule has 0 aromatic heterocycles. The van der Waals surface area contributed by atoms with Gasteiger partial charge in [-0.3, -0.25) is 4.79 Å². The van der Waals surface area contributed by atoms with E-state index in [1.807, 2.05) is 43.3 Å². The summed E-state index contributed by atoms with van der Waals surface area (Å²) < 4.78 is 13.5. The van der Waals surface area contributed by atoms with E-state index in [9.17, 15) is 9.18 Å². The highest BCUT2D eigenvalue weighted by Crippen LogP contribution is 2.20. The van der Waals surface area contributed by atoms with Gasteiger partial charge in [0.2, 0.25) is 0 Å². The molecule has 0 bridgehead atoms. The van der Waals surface area contributed by atoms with Crippen molar-refractivity contribution in [3.8, 4) is 0 Å². The summed E-state index contributed by atoms with van der Waals surface area (Å²) in [5.41, 5.74) is 2.19. The van der Waals surface area contributed by atoms with Gasteiger partial charge in [-0.15, -0.1) is 0 Å². The predicted octanol–water partition coefficient (Wildman–Crippen LogP) is 3.90. The minimum atomic E-state index is -0.389. The van der Waals surface area contributed by atoms with Crippen molar-refractivity contribution < 1.29 is 9.18 Å². The first-order valence-electron chi connectivity index (χ1n) is 6.46. The lowest BCUT2D eigenvalue weighted by molar-refractivity contribution is 0.102. The van der Waals surface area contributed by atoms with E-state index in [1.54, 1.807) is 0 Å². The Morgan fingerprint density at radius 2 is 1.95 bits per heavy atom. The number of carbonyl (C=O) groups is 1. The summed E-state index contributed by atoms with van der Waals surface area (Å²) in [5.74, 6) is -0.651. The van der Waals surface area contributed by atoms with Crippen molar-refractivity contribution in [1.29, 1.82) is 0 Å². The monoisotopic (exact) mass is 350 g/mol. The SMILES string of the molecule is CN(C)Cc1ccccc1NC(=O)c1ccc(F)c(Br)c1. The molecular formula is C16H16BrFN2O. The number of rotatable bonds is 4. The molecule has 0 saturated carbocycles. The van der Waals surface area contributed by atoms with Gasteiger partial charge in [0.25, 0.3) is 5.91 Å². The molecule has 110 valence electrons. The van der Waals surface area contributed by atoms with Gasteiger partial charge < -0.3 is 10.2 Å². The summed E-state index contributed by atoms with van der Waals surface area (Å²) in [6, 6.07) is 11.8. The normalized spacial score (nSPS) is 10.7. The number of carbonyl (C=O) groups excluding carboxylic acids is 1. The van der Waals surface area contributed by atoms with Gasteiger partial charge in [0.15, 0.2) is 0 Å². The summed E-state index contributed by atoms with van der Waals surface area (Å²) in [7, 11) is 3.94. The zero-order valence-electron chi connectivity index (χ0n) is 11.9. The van der Waals surface area contributed by atoms with E-state index < -0.39 is 0 Å². The largest absolute Gasteiger partial charge is 0.322 e. The Morgan fingerprint density at radius 3 is 2.62 bits per heavy atom. The Morgan fingerprint density at radius 1 is 1.24 bits per heavy atom. The van der Waals surface area contributed by atoms with Crippen LogP contribution in [-0.4, -0.2) is 24.9 Å². The minimum Gasteiger partial charge on any atom is -0.322 e. The molecule has 5 heteroatoms. The van der Waals surface area contributed by atoms with Crippen molar-refractivity contribution in [3.63, 3.8) is 0 Å². The van der Waals surface area contributed by atoms with E-state index >= 15 is 0 Å². The Bertz CT molecular complexity index is 658. The summed E-state index contributed by atoms with van der Waals surface area (Å²) in [4.78, 5) is 14.3. The molecule has 0 fully saturated rings. The first-order valence-corrected chi connectivity index (χ1v) is 7.25. The number of anilines is 1. The van der Waals surface area contributed by atoms with Gasteiger partial charge in [-0.25, -0.2) is 4.39 Å². The molecule has 0 aliphatic carbocycles. The molecular weight excluding hydrogens is 335 g/mol. The second-order valence-electron chi connectivity index (χ2n) is 4.98. The van der Waals surface area contributed by atoms with E-state index in [1.165, 1.54) is 18.2 Å². The zero-order valence-corrected chi connectivity index (χ0v) is 13.4. The fourth-order valence-corrected chi connectivity index (χ4v) is 2.33. The van der Waals surface area contributed by atoms with E-state index in [4.69, 9.17) is 0 Å². The highest BCUT2D eigenvalue weighted by Gasteiger charge is 2.11. The molecule has 0 spiro atoms. The average molecular weight is 351 g/mol. The summed E-state index contributed by atoms with van der Waals surface area (Å²) >= 11 is 3.09. The molecule has 0 radical (unpaired) electrons. The first kappa shape index (κ1) is 15.7. The van der Waals surface area contributed by atoms with Crippen LogP contribution in [0, 0.1) is 5.82 Å². The third kappa shape index (κ3) is 4.12. The molecule has 2 aromatic rings. The number of nitrogens with zero attached hydrogens (tertiary/aromatic N) is 1. The number of hydrogen-bond acceptors (Lipinski definition) is 2. The van der Waals surface area contributed by atoms with Crippen LogP contribution in [0.25, 0.3) is 0 Å². The van der Waals surface area contributed by atoms with Crippen molar-refractivity contribution in [1.82, 2.24) is 4.90 Å². The number of halogens is 2. The molecule has 0 aliphatic rings. The lowest BCUT2D eigenvalue weighted by Crippen LogP contribution is -2.16. The smallest absolute Gasteiger partial charge is 0.255 e. The molecule has 0 aliphatic heterocycles. The van der Waals surface area contributed by atoms with Gasteiger partial charge in [0, 0.05) is 17.8 Å². The van der Waals surface area contributed by atoms with Crippen molar-refractivity contribution in [3.05, 3.63) is 63.9 Å². The number of benzene rings is 2. The van der Waals surface area contributed by atoms with Crippen LogP contribution in [0.2, 0.25) is 0 Å². The summed E-state index contributed by atoms with van der Waals surface area (Å²) in [6.07, 6.45) is 0. The van der Waals surface area contributed by atoms with Crippen molar-refractivity contribution in [2.24, 2.45) is 0 Å². The van der Waals surface area contributed by atoms with Crippen LogP contribution >= 0.6 is 15.9 Å². The molecule has 3 nitrogen and oxygen atoms in total. The van der Waals surface area contributed by atoms with Gasteiger partial charge in [0.1, 0.15) is 5.82 Å². The number of amides is 1. The van der Waals surface area contributed by atoms with Crippen LogP contribution in [0.15, 0.2) is 46.9 Å². The predicted molar refractivity (Wildman–Crippen MR) is 85.9 cm³/mol. The molecule has 2 aromatic carbocycles. The van der Waals surface area contributed by atoms with Gasteiger partial charge >= 0.3 is 0 Å². The minimum absolute atomic E-state index is 0.262. The van der Waals surface area contributed by atoms with Crippen LogP contribution in [0.3, 0.4) is 0 Å². The Hall–Kier alpha value is -1.72. The maximum absolute atomic E-state index is 13.2. The molecule has 1 N–H and O–H groups in total. The lowest BCUT2D eigenvalue weighted by Gasteiger charge is -2.15. The Labute approximate surface area is 131 Å². The molecule has 0 atom stereocenters. The molecule has 1 amide bonds. The van der Waals surface area contributed by atoms with E-state index in [0.717, 1.165) is 17.8 Å². The quantitative estimate of drug-likeness (QED) is 0.906. The Balaban J connectivity index is 2.21. The molecule has 2 rings (SSSR count). The average Bonchev–Trinajstić information content (AvgIpc) is 2.43. The van der Waals surface area contributed by atoms with Crippen LogP contribution in [-0.2, 0) is 6.54 Å². The van der Waals surface area contributed by atoms with Crippen LogP contribution in [0.4, 0.5) is 10.1 Å². The number of para-hydroxylation sites is 1. The van der Waals surface area contributed by atoms with Gasteiger partial charge in [-0.2, -0.15) is 0 Å². The summed E-state index contributed by atoms with van der Waals surface area (Å²) in [5, 5.41) is 2.87. The van der Waals surface area contributed by atoms with Crippen LogP contribution < -0.4 is 5.32 Å². The summed E-state index contributed by atoms with van der Waals surface area (Å²) in [6.45, 7) is 0.726. The third-order valence-electron chi connectivity index (χ3n) is 2.93. The lowest BCUT2D eigenvalue weighted by atomic mass is 10.1. The third-order valence-corrected chi connectivity index (χ3v) is 3.54. The fraction of sp³-hybridized carbons (Fsp3) is 0.188. The zero-order chi connectivity index (χ0) is 15.4. The second-order valence-corrected chi connectivity index (χ2v) is 5.83. The van der Waals surface area contributed by atoms with Gasteiger partial charge in [-0.05, 0) is 59.9 Å². The Kier molecular flexibility index (Phi) is 5.09. The van der Waals surface area contributed by atoms with E-state index in [-0.39, 0.29) is 16.2 Å². The number of nitrogens with one attached hydrogen (secondary N) is 1. The highest BCUT2D eigenvalue weighted by atomic mass is 79.9. The molecule has 0 saturated heterocycles. The number of hydrogen-bond donors (Lipinski definition) is 1. The fourth-order valence-electron chi connectivity index (χ4n) is 1.95. The maximum atomic E-state index is 13.2. The molecule has 21 heavy (non-hydrogen) atoms. The van der Waals surface area contributed by atoms with E-state index in [0.29, 0.717) is 5.56 Å². The van der Waals surface area contributed by atoms with Crippen molar-refractivity contribution >= 4 is 27.5 Å². The van der Waals surface area contributed by atoms with Crippen LogP contribution in [0.5, 0.6) is 0 Å². The van der Waals surface area contributed by atoms with Gasteiger partial charge in [-0.1, -0.05) is 18.2 Å². The maximum Gasteiger partial charge on any atom is 0.255 e. The van der Waals surface area contributed by atoms with Gasteiger partial charge in [0.05, 0.1) is 4.47 Å². The van der Waals surface area contributed by atoms with E-state index in [2.05, 4.69) is 21.2 Å². The topological polar surface area (TPSA) is 32.3 Å². The highest BCUT2D eigenvalue weighted by molar-refractivity contribution is 9.10. The van der Waals surface area contributed by atoms with Crippen molar-refractivity contribution in [2.45, 2.75) is 6.54 Å². The molecule has 0 heterocycles. The van der Waals surface area contributed by atoms with Crippen LogP contribution in [0.1, 0.15) is 15.9 Å². The first-order chi connectivity index (χ1) is 9.97. The molecule has 0 unspecified atom stereocenters. The standard InChI is InChI=1S/C16H16BrFN2O/c1-20(2)10-12-5-3-4-6-15(12)19-16(21)11-7-8-14(18)13(17)9-11/h3-9H,10H2,1-2H3,(H,19,21).